The Bertz CT molecular complexity index is 459. The van der Waals surface area contributed by atoms with Gasteiger partial charge in [0.1, 0.15) is 11.6 Å². The van der Waals surface area contributed by atoms with Gasteiger partial charge in [-0.15, -0.1) is 0 Å². The molecule has 0 bridgehead atoms. The van der Waals surface area contributed by atoms with Gasteiger partial charge in [0, 0.05) is 25.7 Å². The van der Waals surface area contributed by atoms with Crippen molar-refractivity contribution in [3.8, 4) is 0 Å². The Kier molecular flexibility index (Phi) is 5.66. The number of pyridine rings is 1. The standard InChI is InChI=1S/C15H24N4O2/c1-3-16-13-6-5-7-14(18-13)17-12-8-10-19(11-9-12)15(20)21-4-2/h5-7,12H,3-4,8-11H2,1-2H3,(H2,16,17,18). The summed E-state index contributed by atoms with van der Waals surface area (Å²) in [7, 11) is 0. The van der Waals surface area contributed by atoms with Crippen LogP contribution in [0.3, 0.4) is 0 Å². The van der Waals surface area contributed by atoms with Crippen LogP contribution in [0.4, 0.5) is 16.4 Å². The normalized spacial score (nSPS) is 15.6. The summed E-state index contributed by atoms with van der Waals surface area (Å²) in [5, 5.41) is 6.64. The van der Waals surface area contributed by atoms with Gasteiger partial charge in [-0.1, -0.05) is 6.07 Å². The Labute approximate surface area is 125 Å². The molecule has 2 N–H and O–H groups in total. The highest BCUT2D eigenvalue weighted by molar-refractivity contribution is 5.67. The third-order valence-corrected chi connectivity index (χ3v) is 3.48. The van der Waals surface area contributed by atoms with E-state index in [2.05, 4.69) is 15.6 Å². The van der Waals surface area contributed by atoms with Crippen molar-refractivity contribution in [2.45, 2.75) is 32.7 Å². The van der Waals surface area contributed by atoms with Gasteiger partial charge in [0.2, 0.25) is 0 Å². The molecular formula is C15H24N4O2. The summed E-state index contributed by atoms with van der Waals surface area (Å²) in [6.45, 7) is 6.61. The predicted molar refractivity (Wildman–Crippen MR) is 83.6 cm³/mol. The van der Waals surface area contributed by atoms with Gasteiger partial charge >= 0.3 is 6.09 Å². The van der Waals surface area contributed by atoms with Crippen LogP contribution in [0.15, 0.2) is 18.2 Å². The second kappa shape index (κ2) is 7.71. The zero-order valence-electron chi connectivity index (χ0n) is 12.8. The number of hydrogen-bond donors (Lipinski definition) is 2. The molecular weight excluding hydrogens is 268 g/mol. The van der Waals surface area contributed by atoms with Crippen molar-refractivity contribution in [2.75, 3.05) is 36.9 Å². The van der Waals surface area contributed by atoms with Gasteiger partial charge in [-0.2, -0.15) is 0 Å². The largest absolute Gasteiger partial charge is 0.450 e. The smallest absolute Gasteiger partial charge is 0.409 e. The lowest BCUT2D eigenvalue weighted by Gasteiger charge is -2.31. The average molecular weight is 292 g/mol. The zero-order chi connectivity index (χ0) is 15.1. The second-order valence-electron chi connectivity index (χ2n) is 5.04. The number of aromatic nitrogens is 1. The first kappa shape index (κ1) is 15.4. The summed E-state index contributed by atoms with van der Waals surface area (Å²) in [4.78, 5) is 17.9. The molecule has 1 aromatic heterocycles. The van der Waals surface area contributed by atoms with Crippen molar-refractivity contribution in [3.05, 3.63) is 18.2 Å². The van der Waals surface area contributed by atoms with Crippen molar-refractivity contribution < 1.29 is 9.53 Å². The third-order valence-electron chi connectivity index (χ3n) is 3.48. The molecule has 1 aliphatic rings. The number of nitrogens with zero attached hydrogens (tertiary/aromatic N) is 2. The Morgan fingerprint density at radius 2 is 2.05 bits per heavy atom. The molecule has 2 heterocycles. The molecule has 0 aliphatic carbocycles. The monoisotopic (exact) mass is 292 g/mol. The first-order valence-electron chi connectivity index (χ1n) is 7.62. The maximum Gasteiger partial charge on any atom is 0.409 e. The van der Waals surface area contributed by atoms with Crippen LogP contribution in [0.25, 0.3) is 0 Å². The Morgan fingerprint density at radius 1 is 1.33 bits per heavy atom. The molecule has 1 saturated heterocycles. The van der Waals surface area contributed by atoms with E-state index in [-0.39, 0.29) is 6.09 Å². The Morgan fingerprint density at radius 3 is 2.71 bits per heavy atom. The number of anilines is 2. The van der Waals surface area contributed by atoms with E-state index in [1.807, 2.05) is 32.0 Å². The predicted octanol–water partition coefficient (Wildman–Crippen LogP) is 2.55. The minimum absolute atomic E-state index is 0.205. The van der Waals surface area contributed by atoms with E-state index in [0.717, 1.165) is 44.1 Å². The van der Waals surface area contributed by atoms with Crippen molar-refractivity contribution in [2.24, 2.45) is 0 Å². The van der Waals surface area contributed by atoms with Gasteiger partial charge in [-0.3, -0.25) is 0 Å². The van der Waals surface area contributed by atoms with Crippen LogP contribution in [0.1, 0.15) is 26.7 Å². The molecule has 6 nitrogen and oxygen atoms in total. The number of carbonyl (C=O) groups excluding carboxylic acids is 1. The van der Waals surface area contributed by atoms with Gasteiger partial charge in [0.05, 0.1) is 6.61 Å². The summed E-state index contributed by atoms with van der Waals surface area (Å²) >= 11 is 0. The van der Waals surface area contributed by atoms with E-state index < -0.39 is 0 Å². The SMILES string of the molecule is CCNc1cccc(NC2CCN(C(=O)OCC)CC2)n1. The molecule has 0 radical (unpaired) electrons. The first-order chi connectivity index (χ1) is 10.2. The van der Waals surface area contributed by atoms with Gasteiger partial charge in [0.15, 0.2) is 0 Å². The lowest BCUT2D eigenvalue weighted by atomic mass is 10.1. The summed E-state index contributed by atoms with van der Waals surface area (Å²) in [6, 6.07) is 6.26. The third kappa shape index (κ3) is 4.51. The van der Waals surface area contributed by atoms with Crippen molar-refractivity contribution in [1.82, 2.24) is 9.88 Å². The van der Waals surface area contributed by atoms with Crippen molar-refractivity contribution >= 4 is 17.7 Å². The summed E-state index contributed by atoms with van der Waals surface area (Å²) in [5.41, 5.74) is 0. The van der Waals surface area contributed by atoms with Crippen LogP contribution < -0.4 is 10.6 Å². The van der Waals surface area contributed by atoms with Gasteiger partial charge < -0.3 is 20.3 Å². The average Bonchev–Trinajstić information content (AvgIpc) is 2.49. The molecule has 6 heteroatoms. The maximum atomic E-state index is 11.6. The Balaban J connectivity index is 1.83. The summed E-state index contributed by atoms with van der Waals surface area (Å²) < 4.78 is 5.02. The Hall–Kier alpha value is -1.98. The number of likely N-dealkylation sites (tertiary alicyclic amines) is 1. The van der Waals surface area contributed by atoms with Gasteiger partial charge in [-0.05, 0) is 38.8 Å². The summed E-state index contributed by atoms with van der Waals surface area (Å²) in [6.07, 6.45) is 1.61. The van der Waals surface area contributed by atoms with Crippen LogP contribution in [-0.2, 0) is 4.74 Å². The number of hydrogen-bond acceptors (Lipinski definition) is 5. The highest BCUT2D eigenvalue weighted by Gasteiger charge is 2.23. The van der Waals surface area contributed by atoms with E-state index in [9.17, 15) is 4.79 Å². The van der Waals surface area contributed by atoms with Crippen LogP contribution >= 0.6 is 0 Å². The van der Waals surface area contributed by atoms with E-state index in [4.69, 9.17) is 4.74 Å². The minimum atomic E-state index is -0.205. The number of nitrogens with one attached hydrogen (secondary N) is 2. The molecule has 2 rings (SSSR count). The van der Waals surface area contributed by atoms with E-state index >= 15 is 0 Å². The molecule has 1 aliphatic heterocycles. The van der Waals surface area contributed by atoms with E-state index in [1.54, 1.807) is 4.90 Å². The lowest BCUT2D eigenvalue weighted by Crippen LogP contribution is -2.42. The van der Waals surface area contributed by atoms with E-state index in [1.165, 1.54) is 0 Å². The summed E-state index contributed by atoms with van der Waals surface area (Å²) in [5.74, 6) is 1.76. The van der Waals surface area contributed by atoms with Gasteiger partial charge in [-0.25, -0.2) is 9.78 Å². The molecule has 0 aromatic carbocycles. The number of ether oxygens (including phenoxy) is 1. The topological polar surface area (TPSA) is 66.5 Å². The number of piperidine rings is 1. The molecule has 21 heavy (non-hydrogen) atoms. The highest BCUT2D eigenvalue weighted by Crippen LogP contribution is 2.17. The highest BCUT2D eigenvalue weighted by atomic mass is 16.6. The van der Waals surface area contributed by atoms with Crippen molar-refractivity contribution in [3.63, 3.8) is 0 Å². The molecule has 0 saturated carbocycles. The molecule has 0 unspecified atom stereocenters. The molecule has 0 atom stereocenters. The molecule has 1 fully saturated rings. The van der Waals surface area contributed by atoms with Crippen LogP contribution in [0.5, 0.6) is 0 Å². The molecule has 1 aromatic rings. The fourth-order valence-corrected chi connectivity index (χ4v) is 2.42. The quantitative estimate of drug-likeness (QED) is 0.873. The van der Waals surface area contributed by atoms with E-state index in [0.29, 0.717) is 12.6 Å². The lowest BCUT2D eigenvalue weighted by molar-refractivity contribution is 0.0983. The second-order valence-corrected chi connectivity index (χ2v) is 5.04. The molecule has 0 spiro atoms. The fourth-order valence-electron chi connectivity index (χ4n) is 2.42. The van der Waals surface area contributed by atoms with Gasteiger partial charge in [0.25, 0.3) is 0 Å². The molecule has 1 amide bonds. The maximum absolute atomic E-state index is 11.6. The fraction of sp³-hybridized carbons (Fsp3) is 0.600. The first-order valence-corrected chi connectivity index (χ1v) is 7.62. The number of carbonyl (C=O) groups is 1. The minimum Gasteiger partial charge on any atom is -0.450 e. The number of amides is 1. The van der Waals surface area contributed by atoms with Crippen LogP contribution in [-0.4, -0.2) is 48.3 Å². The van der Waals surface area contributed by atoms with Crippen LogP contribution in [0, 0.1) is 0 Å². The number of rotatable bonds is 5. The zero-order valence-corrected chi connectivity index (χ0v) is 12.8. The van der Waals surface area contributed by atoms with Crippen LogP contribution in [0.2, 0.25) is 0 Å². The molecule has 116 valence electrons. The van der Waals surface area contributed by atoms with Crippen molar-refractivity contribution in [1.29, 1.82) is 0 Å².